The van der Waals surface area contributed by atoms with Crippen LogP contribution < -0.4 is 10.5 Å². The Kier molecular flexibility index (Phi) is 4.00. The fourth-order valence-corrected chi connectivity index (χ4v) is 2.05. The minimum absolute atomic E-state index is 0.246. The van der Waals surface area contributed by atoms with E-state index in [1.165, 1.54) is 4.88 Å². The van der Waals surface area contributed by atoms with Crippen LogP contribution in [-0.4, -0.2) is 21.6 Å². The van der Waals surface area contributed by atoms with Crippen molar-refractivity contribution in [3.8, 4) is 6.01 Å². The fraction of sp³-hybridized carbons (Fsp3) is 0.182. The Bertz CT molecular complexity index is 499. The molecule has 6 heteroatoms. The summed E-state index contributed by atoms with van der Waals surface area (Å²) in [6, 6.07) is 6.06. The lowest BCUT2D eigenvalue weighted by Gasteiger charge is -2.04. The summed E-state index contributed by atoms with van der Waals surface area (Å²) >= 11 is 6.54. The lowest BCUT2D eigenvalue weighted by molar-refractivity contribution is 0.297. The second kappa shape index (κ2) is 5.70. The Labute approximate surface area is 108 Å². The fourth-order valence-electron chi connectivity index (χ4n) is 1.25. The van der Waals surface area contributed by atoms with Gasteiger partial charge in [-0.3, -0.25) is 0 Å². The predicted octanol–water partition coefficient (Wildman–Crippen LogP) is 1.79. The highest BCUT2D eigenvalue weighted by Crippen LogP contribution is 2.10. The van der Waals surface area contributed by atoms with Gasteiger partial charge in [0.1, 0.15) is 10.7 Å². The molecule has 0 saturated carbocycles. The van der Waals surface area contributed by atoms with E-state index in [1.54, 1.807) is 23.6 Å². The molecular weight excluding hydrogens is 254 g/mol. The lowest BCUT2D eigenvalue weighted by Crippen LogP contribution is -2.13. The van der Waals surface area contributed by atoms with Gasteiger partial charge in [-0.2, -0.15) is 4.98 Å². The number of aromatic nitrogens is 2. The van der Waals surface area contributed by atoms with Gasteiger partial charge in [-0.25, -0.2) is 4.98 Å². The highest BCUT2D eigenvalue weighted by molar-refractivity contribution is 7.80. The van der Waals surface area contributed by atoms with Crippen LogP contribution in [0.1, 0.15) is 10.6 Å². The van der Waals surface area contributed by atoms with Gasteiger partial charge < -0.3 is 10.5 Å². The zero-order chi connectivity index (χ0) is 12.1. The number of thiocarbonyl (C=S) groups is 1. The SMILES string of the molecule is NC(=S)c1ccnc(OCCc2cccs2)n1. The maximum Gasteiger partial charge on any atom is 0.316 e. The van der Waals surface area contributed by atoms with Gasteiger partial charge in [0.15, 0.2) is 0 Å². The first-order valence-electron chi connectivity index (χ1n) is 5.04. The van der Waals surface area contributed by atoms with Gasteiger partial charge in [-0.05, 0) is 17.5 Å². The zero-order valence-corrected chi connectivity index (χ0v) is 10.6. The molecule has 88 valence electrons. The average molecular weight is 265 g/mol. The Balaban J connectivity index is 1.90. The first-order valence-corrected chi connectivity index (χ1v) is 6.32. The normalized spacial score (nSPS) is 10.1. The van der Waals surface area contributed by atoms with Crippen molar-refractivity contribution in [2.45, 2.75) is 6.42 Å². The number of rotatable bonds is 5. The molecule has 0 saturated heterocycles. The van der Waals surface area contributed by atoms with E-state index in [1.807, 2.05) is 11.4 Å². The molecule has 2 N–H and O–H groups in total. The lowest BCUT2D eigenvalue weighted by atomic mass is 10.4. The Hall–Kier alpha value is -1.53. The van der Waals surface area contributed by atoms with E-state index in [0.29, 0.717) is 18.3 Å². The van der Waals surface area contributed by atoms with Crippen molar-refractivity contribution >= 4 is 28.5 Å². The summed E-state index contributed by atoms with van der Waals surface area (Å²) in [6.07, 6.45) is 2.43. The van der Waals surface area contributed by atoms with E-state index >= 15 is 0 Å². The second-order valence-electron chi connectivity index (χ2n) is 3.27. The second-order valence-corrected chi connectivity index (χ2v) is 4.74. The molecule has 2 aromatic rings. The number of ether oxygens (including phenoxy) is 1. The van der Waals surface area contributed by atoms with Crippen molar-refractivity contribution in [2.24, 2.45) is 5.73 Å². The standard InChI is InChI=1S/C11H11N3OS2/c12-10(16)9-3-5-13-11(14-9)15-6-4-8-2-1-7-17-8/h1-3,5,7H,4,6H2,(H2,12,16). The molecule has 0 aliphatic heterocycles. The van der Waals surface area contributed by atoms with Crippen molar-refractivity contribution in [2.75, 3.05) is 6.61 Å². The van der Waals surface area contributed by atoms with Gasteiger partial charge >= 0.3 is 6.01 Å². The number of nitrogens with zero attached hydrogens (tertiary/aromatic N) is 2. The molecule has 0 atom stereocenters. The predicted molar refractivity (Wildman–Crippen MR) is 71.4 cm³/mol. The third-order valence-electron chi connectivity index (χ3n) is 2.05. The summed E-state index contributed by atoms with van der Waals surface area (Å²) in [6.45, 7) is 0.543. The molecule has 0 spiro atoms. The van der Waals surface area contributed by atoms with Crippen molar-refractivity contribution in [1.29, 1.82) is 0 Å². The molecule has 4 nitrogen and oxygen atoms in total. The zero-order valence-electron chi connectivity index (χ0n) is 9.00. The smallest absolute Gasteiger partial charge is 0.316 e. The van der Waals surface area contributed by atoms with Gasteiger partial charge in [-0.1, -0.05) is 18.3 Å². The van der Waals surface area contributed by atoms with Crippen molar-refractivity contribution in [1.82, 2.24) is 9.97 Å². The van der Waals surface area contributed by atoms with E-state index in [9.17, 15) is 0 Å². The van der Waals surface area contributed by atoms with E-state index in [0.717, 1.165) is 6.42 Å². The van der Waals surface area contributed by atoms with Crippen LogP contribution >= 0.6 is 23.6 Å². The van der Waals surface area contributed by atoms with Crippen molar-refractivity contribution in [3.05, 3.63) is 40.3 Å². The van der Waals surface area contributed by atoms with Crippen molar-refractivity contribution in [3.63, 3.8) is 0 Å². The largest absolute Gasteiger partial charge is 0.463 e. The number of hydrogen-bond donors (Lipinski definition) is 1. The van der Waals surface area contributed by atoms with Gasteiger partial charge in [0.2, 0.25) is 0 Å². The number of nitrogens with two attached hydrogens (primary N) is 1. The Morgan fingerprint density at radius 2 is 2.35 bits per heavy atom. The quantitative estimate of drug-likeness (QED) is 0.835. The molecule has 2 heterocycles. The van der Waals surface area contributed by atoms with E-state index in [2.05, 4.69) is 16.0 Å². The van der Waals surface area contributed by atoms with Gasteiger partial charge in [0.05, 0.1) is 6.61 Å². The van der Waals surface area contributed by atoms with Gasteiger partial charge in [0, 0.05) is 17.5 Å². The third kappa shape index (κ3) is 3.47. The Morgan fingerprint density at radius 3 is 3.06 bits per heavy atom. The van der Waals surface area contributed by atoms with Crippen LogP contribution in [0.4, 0.5) is 0 Å². The molecule has 0 amide bonds. The molecule has 2 aromatic heterocycles. The van der Waals surface area contributed by atoms with Crippen LogP contribution in [0.25, 0.3) is 0 Å². The van der Waals surface area contributed by atoms with Crippen LogP contribution in [0.2, 0.25) is 0 Å². The first-order chi connectivity index (χ1) is 8.25. The molecule has 17 heavy (non-hydrogen) atoms. The van der Waals surface area contributed by atoms with Crippen LogP contribution in [-0.2, 0) is 6.42 Å². The number of hydrogen-bond acceptors (Lipinski definition) is 5. The summed E-state index contributed by atoms with van der Waals surface area (Å²) < 4.78 is 5.44. The maximum absolute atomic E-state index is 5.48. The summed E-state index contributed by atoms with van der Waals surface area (Å²) in [5, 5.41) is 2.04. The molecule has 0 fully saturated rings. The highest BCUT2D eigenvalue weighted by atomic mass is 32.1. The van der Waals surface area contributed by atoms with Crippen molar-refractivity contribution < 1.29 is 4.74 Å². The summed E-state index contributed by atoms with van der Waals surface area (Å²) in [5.74, 6) is 0. The van der Waals surface area contributed by atoms with E-state index in [-0.39, 0.29) is 4.99 Å². The molecule has 2 rings (SSSR count). The van der Waals surface area contributed by atoms with Crippen LogP contribution in [0.5, 0.6) is 6.01 Å². The minimum Gasteiger partial charge on any atom is -0.463 e. The minimum atomic E-state index is 0.246. The van der Waals surface area contributed by atoms with Crippen LogP contribution in [0.15, 0.2) is 29.8 Å². The third-order valence-corrected chi connectivity index (χ3v) is 3.19. The molecule has 0 aromatic carbocycles. The summed E-state index contributed by atoms with van der Waals surface area (Å²) in [5.41, 5.74) is 6.00. The van der Waals surface area contributed by atoms with Gasteiger partial charge in [0.25, 0.3) is 0 Å². The molecular formula is C11H11N3OS2. The van der Waals surface area contributed by atoms with Crippen LogP contribution in [0.3, 0.4) is 0 Å². The summed E-state index contributed by atoms with van der Waals surface area (Å²) in [7, 11) is 0. The van der Waals surface area contributed by atoms with Gasteiger partial charge in [-0.15, -0.1) is 11.3 Å². The topological polar surface area (TPSA) is 61.0 Å². The average Bonchev–Trinajstić information content (AvgIpc) is 2.82. The maximum atomic E-state index is 5.48. The molecule has 0 radical (unpaired) electrons. The first kappa shape index (κ1) is 11.9. The van der Waals surface area contributed by atoms with E-state index < -0.39 is 0 Å². The number of thiophene rings is 1. The van der Waals surface area contributed by atoms with E-state index in [4.69, 9.17) is 22.7 Å². The Morgan fingerprint density at radius 1 is 1.47 bits per heavy atom. The highest BCUT2D eigenvalue weighted by Gasteiger charge is 2.02. The molecule has 0 aliphatic rings. The van der Waals surface area contributed by atoms with Crippen LogP contribution in [0, 0.1) is 0 Å². The molecule has 0 aliphatic carbocycles. The monoisotopic (exact) mass is 265 g/mol. The summed E-state index contributed by atoms with van der Waals surface area (Å²) in [4.78, 5) is 9.61. The molecule has 0 bridgehead atoms. The molecule has 0 unspecified atom stereocenters.